The number of halogens is 2. The molecule has 0 saturated heterocycles. The molecule has 124 valence electrons. The minimum absolute atomic E-state index is 0.286. The summed E-state index contributed by atoms with van der Waals surface area (Å²) >= 11 is 10.9. The number of ether oxygens (including phenoxy) is 1. The number of hydrogen-bond acceptors (Lipinski definition) is 3. The van der Waals surface area contributed by atoms with E-state index in [0.29, 0.717) is 28.5 Å². The van der Waals surface area contributed by atoms with Crippen molar-refractivity contribution in [2.45, 2.75) is 6.54 Å². The maximum absolute atomic E-state index is 12.5. The summed E-state index contributed by atoms with van der Waals surface area (Å²) < 4.78 is 8.87. The van der Waals surface area contributed by atoms with E-state index in [1.54, 1.807) is 13.2 Å². The molecule has 0 saturated carbocycles. The van der Waals surface area contributed by atoms with Crippen molar-refractivity contribution in [1.29, 1.82) is 0 Å². The van der Waals surface area contributed by atoms with Crippen LogP contribution < -0.4 is 4.80 Å². The highest BCUT2D eigenvalue weighted by molar-refractivity contribution is 9.10. The van der Waals surface area contributed by atoms with Gasteiger partial charge in [0.05, 0.1) is 22.4 Å². The second-order valence-electron chi connectivity index (χ2n) is 5.04. The quantitative estimate of drug-likeness (QED) is 0.617. The van der Waals surface area contributed by atoms with E-state index in [-0.39, 0.29) is 5.91 Å². The molecule has 2 aromatic carbocycles. The summed E-state index contributed by atoms with van der Waals surface area (Å²) in [5.74, 6) is -0.286. The van der Waals surface area contributed by atoms with Crippen molar-refractivity contribution in [3.63, 3.8) is 0 Å². The maximum Gasteiger partial charge on any atom is 0.280 e. The van der Waals surface area contributed by atoms with Gasteiger partial charge in [0.25, 0.3) is 5.91 Å². The van der Waals surface area contributed by atoms with Crippen LogP contribution >= 0.6 is 38.9 Å². The molecule has 24 heavy (non-hydrogen) atoms. The molecule has 1 heterocycles. The summed E-state index contributed by atoms with van der Waals surface area (Å²) in [6, 6.07) is 12.9. The first kappa shape index (κ1) is 17.4. The highest BCUT2D eigenvalue weighted by Crippen LogP contribution is 2.22. The second kappa shape index (κ2) is 7.61. The zero-order valence-electron chi connectivity index (χ0n) is 12.8. The number of fused-ring (bicyclic) bond motifs is 1. The third-order valence-corrected chi connectivity index (χ3v) is 5.43. The standard InChI is InChI=1S/C17H14BrClN2O2S/c1-23-9-8-21-14-7-6-11(19)10-15(14)24-17(21)20-16(22)12-4-2-3-5-13(12)18/h2-7,10H,8-9H2,1H3. The second-order valence-corrected chi connectivity index (χ2v) is 7.34. The van der Waals surface area contributed by atoms with Crippen LogP contribution in [-0.2, 0) is 11.3 Å². The number of nitrogens with zero attached hydrogens (tertiary/aromatic N) is 2. The SMILES string of the molecule is COCCn1c(=NC(=O)c2ccccc2Br)sc2cc(Cl)ccc21. The average Bonchev–Trinajstić information content (AvgIpc) is 2.89. The highest BCUT2D eigenvalue weighted by atomic mass is 79.9. The van der Waals surface area contributed by atoms with Gasteiger partial charge < -0.3 is 9.30 Å². The van der Waals surface area contributed by atoms with Crippen LogP contribution in [-0.4, -0.2) is 24.2 Å². The van der Waals surface area contributed by atoms with E-state index in [1.165, 1.54) is 11.3 Å². The van der Waals surface area contributed by atoms with Gasteiger partial charge >= 0.3 is 0 Å². The normalized spacial score (nSPS) is 12.0. The molecule has 0 radical (unpaired) electrons. The van der Waals surface area contributed by atoms with Crippen molar-refractivity contribution in [2.24, 2.45) is 4.99 Å². The van der Waals surface area contributed by atoms with Crippen LogP contribution in [0.15, 0.2) is 51.9 Å². The molecule has 0 aliphatic heterocycles. The van der Waals surface area contributed by atoms with Crippen LogP contribution in [0.25, 0.3) is 10.2 Å². The number of carbonyl (C=O) groups is 1. The van der Waals surface area contributed by atoms with E-state index in [0.717, 1.165) is 14.7 Å². The first-order valence-electron chi connectivity index (χ1n) is 7.21. The first-order chi connectivity index (χ1) is 11.6. The van der Waals surface area contributed by atoms with Gasteiger partial charge in [-0.05, 0) is 46.3 Å². The smallest absolute Gasteiger partial charge is 0.280 e. The fourth-order valence-corrected chi connectivity index (χ4v) is 4.10. The van der Waals surface area contributed by atoms with Gasteiger partial charge in [0, 0.05) is 23.1 Å². The Morgan fingerprint density at radius 1 is 1.33 bits per heavy atom. The molecule has 0 fully saturated rings. The summed E-state index contributed by atoms with van der Waals surface area (Å²) in [6.07, 6.45) is 0. The number of amides is 1. The largest absolute Gasteiger partial charge is 0.383 e. The van der Waals surface area contributed by atoms with Crippen molar-refractivity contribution in [2.75, 3.05) is 13.7 Å². The lowest BCUT2D eigenvalue weighted by Gasteiger charge is -2.04. The fraction of sp³-hybridized carbons (Fsp3) is 0.176. The molecule has 0 bridgehead atoms. The minimum Gasteiger partial charge on any atom is -0.383 e. The molecule has 7 heteroatoms. The number of rotatable bonds is 4. The van der Waals surface area contributed by atoms with Crippen LogP contribution in [0.5, 0.6) is 0 Å². The predicted octanol–water partition coefficient (Wildman–Crippen LogP) is 4.51. The number of carbonyl (C=O) groups excluding carboxylic acids is 1. The lowest BCUT2D eigenvalue weighted by Crippen LogP contribution is -2.19. The summed E-state index contributed by atoms with van der Waals surface area (Å²) in [5.41, 5.74) is 1.52. The minimum atomic E-state index is -0.286. The lowest BCUT2D eigenvalue weighted by atomic mass is 10.2. The summed E-state index contributed by atoms with van der Waals surface area (Å²) in [7, 11) is 1.65. The molecule has 0 spiro atoms. The van der Waals surface area contributed by atoms with Crippen molar-refractivity contribution in [3.8, 4) is 0 Å². The van der Waals surface area contributed by atoms with Crippen LogP contribution in [0.4, 0.5) is 0 Å². The van der Waals surface area contributed by atoms with Gasteiger partial charge in [0.15, 0.2) is 4.80 Å². The molecule has 1 amide bonds. The van der Waals surface area contributed by atoms with E-state index < -0.39 is 0 Å². The Labute approximate surface area is 156 Å². The van der Waals surface area contributed by atoms with E-state index in [2.05, 4.69) is 20.9 Å². The Morgan fingerprint density at radius 2 is 2.12 bits per heavy atom. The molecule has 0 atom stereocenters. The van der Waals surface area contributed by atoms with Gasteiger partial charge in [-0.15, -0.1) is 0 Å². The topological polar surface area (TPSA) is 43.6 Å². The number of aromatic nitrogens is 1. The molecular weight excluding hydrogens is 412 g/mol. The molecule has 1 aromatic heterocycles. The Kier molecular flexibility index (Phi) is 5.50. The van der Waals surface area contributed by atoms with E-state index in [9.17, 15) is 4.79 Å². The number of hydrogen-bond donors (Lipinski definition) is 0. The van der Waals surface area contributed by atoms with Crippen molar-refractivity contribution in [1.82, 2.24) is 4.57 Å². The molecule has 4 nitrogen and oxygen atoms in total. The fourth-order valence-electron chi connectivity index (χ4n) is 2.31. The number of thiazole rings is 1. The summed E-state index contributed by atoms with van der Waals surface area (Å²) in [4.78, 5) is 17.5. The molecule has 0 aliphatic rings. The lowest BCUT2D eigenvalue weighted by molar-refractivity contribution is 0.0996. The molecular formula is C17H14BrClN2O2S. The zero-order chi connectivity index (χ0) is 17.1. The number of methoxy groups -OCH3 is 1. The van der Waals surface area contributed by atoms with E-state index >= 15 is 0 Å². The van der Waals surface area contributed by atoms with Gasteiger partial charge in [-0.1, -0.05) is 35.1 Å². The van der Waals surface area contributed by atoms with Gasteiger partial charge in [-0.25, -0.2) is 0 Å². The summed E-state index contributed by atoms with van der Waals surface area (Å²) in [5, 5.41) is 0.659. The molecule has 0 unspecified atom stereocenters. The van der Waals surface area contributed by atoms with Crippen LogP contribution in [0, 0.1) is 0 Å². The third-order valence-electron chi connectivity index (χ3n) is 3.47. The average molecular weight is 426 g/mol. The summed E-state index contributed by atoms with van der Waals surface area (Å²) in [6.45, 7) is 1.14. The van der Waals surface area contributed by atoms with Gasteiger partial charge in [-0.3, -0.25) is 4.79 Å². The number of benzene rings is 2. The van der Waals surface area contributed by atoms with E-state index in [4.69, 9.17) is 16.3 Å². The maximum atomic E-state index is 12.5. The monoisotopic (exact) mass is 424 g/mol. The van der Waals surface area contributed by atoms with Crippen LogP contribution in [0.2, 0.25) is 5.02 Å². The van der Waals surface area contributed by atoms with Gasteiger partial charge in [-0.2, -0.15) is 4.99 Å². The van der Waals surface area contributed by atoms with Crippen LogP contribution in [0.3, 0.4) is 0 Å². The molecule has 3 rings (SSSR count). The van der Waals surface area contributed by atoms with Gasteiger partial charge in [0.1, 0.15) is 0 Å². The Hall–Kier alpha value is -1.47. The van der Waals surface area contributed by atoms with Crippen LogP contribution in [0.1, 0.15) is 10.4 Å². The third kappa shape index (κ3) is 3.62. The Balaban J connectivity index is 2.13. The molecule has 0 aliphatic carbocycles. The van der Waals surface area contributed by atoms with Crippen molar-refractivity contribution in [3.05, 3.63) is 62.3 Å². The van der Waals surface area contributed by atoms with Gasteiger partial charge in [0.2, 0.25) is 0 Å². The predicted molar refractivity (Wildman–Crippen MR) is 101 cm³/mol. The zero-order valence-corrected chi connectivity index (χ0v) is 16.0. The first-order valence-corrected chi connectivity index (χ1v) is 9.20. The van der Waals surface area contributed by atoms with E-state index in [1.807, 2.05) is 41.0 Å². The Bertz CT molecular complexity index is 965. The molecule has 3 aromatic rings. The van der Waals surface area contributed by atoms with Crippen molar-refractivity contribution >= 4 is 55.0 Å². The Morgan fingerprint density at radius 3 is 2.88 bits per heavy atom. The molecule has 0 N–H and O–H groups in total. The highest BCUT2D eigenvalue weighted by Gasteiger charge is 2.11. The van der Waals surface area contributed by atoms with Crippen molar-refractivity contribution < 1.29 is 9.53 Å².